The van der Waals surface area contributed by atoms with Crippen molar-refractivity contribution in [2.45, 2.75) is 37.6 Å². The maximum atomic E-state index is 12.2. The Hall–Kier alpha value is -3.41. The van der Waals surface area contributed by atoms with Crippen LogP contribution in [0.3, 0.4) is 0 Å². The summed E-state index contributed by atoms with van der Waals surface area (Å²) in [6.07, 6.45) is 7.58. The first-order valence-electron chi connectivity index (χ1n) is 9.94. The van der Waals surface area contributed by atoms with Crippen LogP contribution in [0.4, 0.5) is 5.69 Å². The number of hydrogen-bond acceptors (Lipinski definition) is 4. The number of carbonyl (C=O) groups excluding carboxylic acids is 2. The summed E-state index contributed by atoms with van der Waals surface area (Å²) in [4.78, 5) is 28.8. The smallest absolute Gasteiger partial charge is 0.251 e. The molecule has 2 amide bonds. The summed E-state index contributed by atoms with van der Waals surface area (Å²) in [6, 6.07) is 13.0. The van der Waals surface area contributed by atoms with E-state index < -0.39 is 0 Å². The largest absolute Gasteiger partial charge is 0.440 e. The Kier molecular flexibility index (Phi) is 4.39. The third kappa shape index (κ3) is 4.21. The summed E-state index contributed by atoms with van der Waals surface area (Å²) in [5.41, 5.74) is 3.66. The van der Waals surface area contributed by atoms with E-state index in [4.69, 9.17) is 4.42 Å². The normalized spacial score (nSPS) is 16.3. The monoisotopic (exact) mass is 387 g/mol. The van der Waals surface area contributed by atoms with E-state index in [2.05, 4.69) is 15.6 Å². The molecule has 1 heterocycles. The second kappa shape index (κ2) is 7.20. The second-order valence-corrected chi connectivity index (χ2v) is 7.70. The Bertz CT molecular complexity index is 1110. The number of rotatable bonds is 6. The van der Waals surface area contributed by atoms with Gasteiger partial charge in [0.15, 0.2) is 11.5 Å². The standard InChI is InChI=1S/C23H21N3O3/c27-21(12-3-14-1-4-15(5-2-14)22(28)25-17-8-9-17)24-18-10-11-20-19(13-18)26-23(29-20)16-6-7-16/h1-5,10-13,16-17H,6-9H2,(H,24,27)(H,25,28)/b12-3+. The van der Waals surface area contributed by atoms with Gasteiger partial charge in [-0.15, -0.1) is 0 Å². The Morgan fingerprint density at radius 1 is 1.03 bits per heavy atom. The van der Waals surface area contributed by atoms with Crippen molar-refractivity contribution in [2.75, 3.05) is 5.32 Å². The highest BCUT2D eigenvalue weighted by molar-refractivity contribution is 6.02. The lowest BCUT2D eigenvalue weighted by Crippen LogP contribution is -2.25. The van der Waals surface area contributed by atoms with E-state index in [9.17, 15) is 9.59 Å². The molecule has 0 saturated heterocycles. The summed E-state index contributed by atoms with van der Waals surface area (Å²) in [5, 5.41) is 5.80. The zero-order chi connectivity index (χ0) is 19.8. The molecule has 6 nitrogen and oxygen atoms in total. The quantitative estimate of drug-likeness (QED) is 0.619. The van der Waals surface area contributed by atoms with Crippen molar-refractivity contribution >= 4 is 34.7 Å². The van der Waals surface area contributed by atoms with Gasteiger partial charge in [-0.2, -0.15) is 0 Å². The lowest BCUT2D eigenvalue weighted by molar-refractivity contribution is -0.111. The van der Waals surface area contributed by atoms with Crippen LogP contribution in [0.25, 0.3) is 17.2 Å². The molecule has 5 rings (SSSR count). The minimum Gasteiger partial charge on any atom is -0.440 e. The molecule has 3 aromatic rings. The molecule has 2 fully saturated rings. The van der Waals surface area contributed by atoms with Crippen LogP contribution in [-0.2, 0) is 4.79 Å². The van der Waals surface area contributed by atoms with Crippen LogP contribution in [0.2, 0.25) is 0 Å². The predicted octanol–water partition coefficient (Wildman–Crippen LogP) is 4.25. The molecule has 2 aromatic carbocycles. The van der Waals surface area contributed by atoms with Gasteiger partial charge in [-0.3, -0.25) is 9.59 Å². The van der Waals surface area contributed by atoms with Crippen molar-refractivity contribution in [1.82, 2.24) is 10.3 Å². The predicted molar refractivity (Wildman–Crippen MR) is 111 cm³/mol. The molecule has 0 aliphatic heterocycles. The molecule has 0 spiro atoms. The third-order valence-corrected chi connectivity index (χ3v) is 5.11. The fourth-order valence-electron chi connectivity index (χ4n) is 3.13. The molecule has 0 radical (unpaired) electrons. The highest BCUT2D eigenvalue weighted by Crippen LogP contribution is 2.40. The fraction of sp³-hybridized carbons (Fsp3) is 0.261. The molecule has 0 unspecified atom stereocenters. The number of benzene rings is 2. The molecule has 2 aliphatic carbocycles. The molecule has 6 heteroatoms. The van der Waals surface area contributed by atoms with Gasteiger partial charge in [0.1, 0.15) is 5.52 Å². The summed E-state index contributed by atoms with van der Waals surface area (Å²) >= 11 is 0. The molecular weight excluding hydrogens is 366 g/mol. The molecule has 0 bridgehead atoms. The Labute approximate surface area is 168 Å². The molecule has 2 aliphatic rings. The number of carbonyl (C=O) groups is 2. The number of anilines is 1. The van der Waals surface area contributed by atoms with Crippen LogP contribution in [0.15, 0.2) is 53.0 Å². The van der Waals surface area contributed by atoms with Crippen molar-refractivity contribution in [3.63, 3.8) is 0 Å². The average Bonchev–Trinajstić information content (AvgIpc) is 3.65. The van der Waals surface area contributed by atoms with Crippen LogP contribution >= 0.6 is 0 Å². The van der Waals surface area contributed by atoms with Crippen molar-refractivity contribution in [2.24, 2.45) is 0 Å². The topological polar surface area (TPSA) is 84.2 Å². The number of oxazole rings is 1. The van der Waals surface area contributed by atoms with Gasteiger partial charge in [0.05, 0.1) is 0 Å². The SMILES string of the molecule is O=C(/C=C/c1ccc(C(=O)NC2CC2)cc1)Nc1ccc2oc(C3CC3)nc2c1. The molecule has 1 aromatic heterocycles. The zero-order valence-corrected chi connectivity index (χ0v) is 15.9. The van der Waals surface area contributed by atoms with Gasteiger partial charge in [-0.1, -0.05) is 12.1 Å². The van der Waals surface area contributed by atoms with Crippen LogP contribution in [-0.4, -0.2) is 22.8 Å². The van der Waals surface area contributed by atoms with Crippen LogP contribution < -0.4 is 10.6 Å². The van der Waals surface area contributed by atoms with Gasteiger partial charge in [-0.05, 0) is 67.7 Å². The lowest BCUT2D eigenvalue weighted by Gasteiger charge is -2.03. The third-order valence-electron chi connectivity index (χ3n) is 5.11. The van der Waals surface area contributed by atoms with E-state index in [1.165, 1.54) is 6.08 Å². The van der Waals surface area contributed by atoms with Crippen LogP contribution in [0.1, 0.15) is 53.4 Å². The van der Waals surface area contributed by atoms with E-state index in [0.29, 0.717) is 23.2 Å². The van der Waals surface area contributed by atoms with Gasteiger partial charge in [0.2, 0.25) is 5.91 Å². The molecular formula is C23H21N3O3. The zero-order valence-electron chi connectivity index (χ0n) is 15.9. The Balaban J connectivity index is 1.21. The van der Waals surface area contributed by atoms with Gasteiger partial charge in [0, 0.05) is 29.3 Å². The van der Waals surface area contributed by atoms with Crippen LogP contribution in [0.5, 0.6) is 0 Å². The number of nitrogens with one attached hydrogen (secondary N) is 2. The van der Waals surface area contributed by atoms with Crippen molar-refractivity contribution in [1.29, 1.82) is 0 Å². The maximum absolute atomic E-state index is 12.2. The van der Waals surface area contributed by atoms with Gasteiger partial charge in [0.25, 0.3) is 5.91 Å². The first-order chi connectivity index (χ1) is 14.1. The first kappa shape index (κ1) is 17.7. The molecule has 0 atom stereocenters. The van der Waals surface area contributed by atoms with Gasteiger partial charge < -0.3 is 15.1 Å². The van der Waals surface area contributed by atoms with E-state index >= 15 is 0 Å². The number of hydrogen-bond donors (Lipinski definition) is 2. The summed E-state index contributed by atoms with van der Waals surface area (Å²) in [6.45, 7) is 0. The minimum atomic E-state index is -0.231. The summed E-state index contributed by atoms with van der Waals surface area (Å²) < 4.78 is 5.74. The summed E-state index contributed by atoms with van der Waals surface area (Å²) in [7, 11) is 0. The van der Waals surface area contributed by atoms with Crippen molar-refractivity contribution in [3.05, 3.63) is 65.6 Å². The average molecular weight is 387 g/mol. The lowest BCUT2D eigenvalue weighted by atomic mass is 10.1. The fourth-order valence-corrected chi connectivity index (χ4v) is 3.13. The van der Waals surface area contributed by atoms with Crippen LogP contribution in [0, 0.1) is 0 Å². The first-order valence-corrected chi connectivity index (χ1v) is 9.94. The highest BCUT2D eigenvalue weighted by atomic mass is 16.3. The number of fused-ring (bicyclic) bond motifs is 1. The van der Waals surface area contributed by atoms with E-state index in [1.807, 2.05) is 30.3 Å². The Morgan fingerprint density at radius 2 is 1.83 bits per heavy atom. The van der Waals surface area contributed by atoms with Gasteiger partial charge >= 0.3 is 0 Å². The number of amides is 2. The van der Waals surface area contributed by atoms with Gasteiger partial charge in [-0.25, -0.2) is 4.98 Å². The molecule has 146 valence electrons. The Morgan fingerprint density at radius 3 is 2.55 bits per heavy atom. The maximum Gasteiger partial charge on any atom is 0.251 e. The second-order valence-electron chi connectivity index (χ2n) is 7.70. The van der Waals surface area contributed by atoms with Crippen molar-refractivity contribution < 1.29 is 14.0 Å². The van der Waals surface area contributed by atoms with E-state index in [1.54, 1.807) is 18.2 Å². The van der Waals surface area contributed by atoms with Crippen molar-refractivity contribution in [3.8, 4) is 0 Å². The molecule has 2 N–H and O–H groups in total. The number of nitrogens with zero attached hydrogens (tertiary/aromatic N) is 1. The number of aromatic nitrogens is 1. The highest BCUT2D eigenvalue weighted by Gasteiger charge is 2.29. The molecule has 2 saturated carbocycles. The minimum absolute atomic E-state index is 0.0473. The van der Waals surface area contributed by atoms with E-state index in [-0.39, 0.29) is 11.8 Å². The summed E-state index contributed by atoms with van der Waals surface area (Å²) in [5.74, 6) is 0.965. The van der Waals surface area contributed by atoms with E-state index in [0.717, 1.165) is 48.2 Å². The molecule has 29 heavy (non-hydrogen) atoms.